The van der Waals surface area contributed by atoms with Crippen LogP contribution in [0.5, 0.6) is 11.5 Å². The average Bonchev–Trinajstić information content (AvgIpc) is 2.71. The second kappa shape index (κ2) is 5.18. The predicted molar refractivity (Wildman–Crippen MR) is 81.4 cm³/mol. The number of nitrogens with one attached hydrogen (secondary N) is 1. The van der Waals surface area contributed by atoms with Crippen LogP contribution in [0, 0.1) is 0 Å². The third kappa shape index (κ3) is 2.20. The molecule has 22 heavy (non-hydrogen) atoms. The number of hydrogen-bond donors (Lipinski definition) is 1. The van der Waals surface area contributed by atoms with Crippen LogP contribution in [-0.4, -0.2) is 24.8 Å². The van der Waals surface area contributed by atoms with Gasteiger partial charge in [-0.05, 0) is 17.7 Å². The molecule has 0 aromatic heterocycles. The molecule has 0 atom stereocenters. The van der Waals surface area contributed by atoms with Gasteiger partial charge in [0.25, 0.3) is 0 Å². The molecule has 5 nitrogen and oxygen atoms in total. The molecule has 2 aliphatic heterocycles. The Balaban J connectivity index is 1.90. The van der Waals surface area contributed by atoms with E-state index in [2.05, 4.69) is 10.5 Å². The molecule has 0 saturated carbocycles. The number of hydrazone groups is 1. The maximum absolute atomic E-state index is 11.9. The standard InChI is InChI=1S/C17H14N2O3/c20-16-9-12-8-14-15(22-7-6-21-14)10-13(12)17(19-18-16)11-4-2-1-3-5-11/h1-5,8,10H,6-7,9H2,(H,18,20). The zero-order valence-corrected chi connectivity index (χ0v) is 11.8. The number of amides is 1. The normalized spacial score (nSPS) is 16.2. The van der Waals surface area contributed by atoms with Gasteiger partial charge in [0.05, 0.1) is 12.1 Å². The van der Waals surface area contributed by atoms with Crippen molar-refractivity contribution in [3.05, 3.63) is 59.2 Å². The molecule has 0 fully saturated rings. The molecule has 4 rings (SSSR count). The minimum Gasteiger partial charge on any atom is -0.486 e. The van der Waals surface area contributed by atoms with Crippen molar-refractivity contribution in [1.82, 2.24) is 5.43 Å². The van der Waals surface area contributed by atoms with Crippen molar-refractivity contribution in [2.75, 3.05) is 13.2 Å². The van der Waals surface area contributed by atoms with Crippen molar-refractivity contribution >= 4 is 11.6 Å². The smallest absolute Gasteiger partial charge is 0.244 e. The van der Waals surface area contributed by atoms with Crippen LogP contribution in [0.1, 0.15) is 16.7 Å². The van der Waals surface area contributed by atoms with Crippen LogP contribution >= 0.6 is 0 Å². The van der Waals surface area contributed by atoms with Crippen LogP contribution in [0.4, 0.5) is 0 Å². The highest BCUT2D eigenvalue weighted by Gasteiger charge is 2.23. The number of nitrogens with zero attached hydrogens (tertiary/aromatic N) is 1. The van der Waals surface area contributed by atoms with Crippen molar-refractivity contribution in [2.24, 2.45) is 5.10 Å². The summed E-state index contributed by atoms with van der Waals surface area (Å²) in [5, 5.41) is 4.29. The molecule has 5 heteroatoms. The van der Waals surface area contributed by atoms with Gasteiger partial charge in [0, 0.05) is 11.1 Å². The summed E-state index contributed by atoms with van der Waals surface area (Å²) in [4.78, 5) is 11.9. The molecule has 0 saturated heterocycles. The highest BCUT2D eigenvalue weighted by atomic mass is 16.6. The van der Waals surface area contributed by atoms with Crippen molar-refractivity contribution in [1.29, 1.82) is 0 Å². The lowest BCUT2D eigenvalue weighted by Gasteiger charge is -2.20. The van der Waals surface area contributed by atoms with Gasteiger partial charge < -0.3 is 9.47 Å². The molecular weight excluding hydrogens is 280 g/mol. The van der Waals surface area contributed by atoms with E-state index in [1.807, 2.05) is 42.5 Å². The van der Waals surface area contributed by atoms with E-state index in [1.165, 1.54) is 0 Å². The van der Waals surface area contributed by atoms with Gasteiger partial charge in [-0.2, -0.15) is 5.10 Å². The number of fused-ring (bicyclic) bond motifs is 2. The van der Waals surface area contributed by atoms with E-state index in [-0.39, 0.29) is 12.3 Å². The van der Waals surface area contributed by atoms with Crippen LogP contribution in [0.2, 0.25) is 0 Å². The predicted octanol–water partition coefficient (Wildman–Crippen LogP) is 1.88. The second-order valence-electron chi connectivity index (χ2n) is 5.19. The zero-order chi connectivity index (χ0) is 14.9. The van der Waals surface area contributed by atoms with Crippen molar-refractivity contribution < 1.29 is 14.3 Å². The fourth-order valence-corrected chi connectivity index (χ4v) is 2.70. The Kier molecular flexibility index (Phi) is 3.04. The number of carbonyl (C=O) groups is 1. The molecule has 1 amide bonds. The van der Waals surface area contributed by atoms with Crippen LogP contribution in [0.15, 0.2) is 47.6 Å². The first-order valence-corrected chi connectivity index (χ1v) is 7.16. The first-order valence-electron chi connectivity index (χ1n) is 7.16. The second-order valence-corrected chi connectivity index (χ2v) is 5.19. The molecule has 2 aliphatic rings. The van der Waals surface area contributed by atoms with Gasteiger partial charge in [0.2, 0.25) is 5.91 Å². The highest BCUT2D eigenvalue weighted by molar-refractivity contribution is 6.15. The number of ether oxygens (including phenoxy) is 2. The van der Waals surface area contributed by atoms with Gasteiger partial charge in [0.15, 0.2) is 11.5 Å². The third-order valence-electron chi connectivity index (χ3n) is 3.71. The zero-order valence-electron chi connectivity index (χ0n) is 11.8. The summed E-state index contributed by atoms with van der Waals surface area (Å²) in [6, 6.07) is 13.6. The van der Waals surface area contributed by atoms with Gasteiger partial charge in [-0.25, -0.2) is 5.43 Å². The molecular formula is C17H14N2O3. The lowest BCUT2D eigenvalue weighted by atomic mass is 9.95. The summed E-state index contributed by atoms with van der Waals surface area (Å²) in [6.07, 6.45) is 0.270. The number of hydrogen-bond acceptors (Lipinski definition) is 4. The van der Waals surface area contributed by atoms with Crippen molar-refractivity contribution in [3.63, 3.8) is 0 Å². The summed E-state index contributed by atoms with van der Waals surface area (Å²) < 4.78 is 11.3. The van der Waals surface area contributed by atoms with Gasteiger partial charge in [-0.3, -0.25) is 4.79 Å². The highest BCUT2D eigenvalue weighted by Crippen LogP contribution is 2.35. The maximum Gasteiger partial charge on any atom is 0.244 e. The van der Waals surface area contributed by atoms with Crippen LogP contribution in [0.25, 0.3) is 0 Å². The van der Waals surface area contributed by atoms with Crippen LogP contribution in [-0.2, 0) is 11.2 Å². The molecule has 2 aromatic rings. The Morgan fingerprint density at radius 3 is 2.50 bits per heavy atom. The molecule has 0 aliphatic carbocycles. The van der Waals surface area contributed by atoms with E-state index in [9.17, 15) is 4.79 Å². The first kappa shape index (κ1) is 12.9. The van der Waals surface area contributed by atoms with E-state index >= 15 is 0 Å². The van der Waals surface area contributed by atoms with E-state index in [4.69, 9.17) is 9.47 Å². The molecule has 1 N–H and O–H groups in total. The Morgan fingerprint density at radius 1 is 1.00 bits per heavy atom. The Labute approximate surface area is 127 Å². The summed E-state index contributed by atoms with van der Waals surface area (Å²) in [5.41, 5.74) is 6.07. The molecule has 0 spiro atoms. The van der Waals surface area contributed by atoms with Crippen molar-refractivity contribution in [2.45, 2.75) is 6.42 Å². The number of carbonyl (C=O) groups excluding carboxylic acids is 1. The molecule has 110 valence electrons. The number of rotatable bonds is 1. The Morgan fingerprint density at radius 2 is 1.73 bits per heavy atom. The lowest BCUT2D eigenvalue weighted by molar-refractivity contribution is -0.120. The van der Waals surface area contributed by atoms with E-state index in [1.54, 1.807) is 0 Å². The third-order valence-corrected chi connectivity index (χ3v) is 3.71. The average molecular weight is 294 g/mol. The minimum atomic E-state index is -0.135. The minimum absolute atomic E-state index is 0.135. The quantitative estimate of drug-likeness (QED) is 0.873. The molecule has 0 bridgehead atoms. The van der Waals surface area contributed by atoms with Gasteiger partial charge in [-0.15, -0.1) is 0 Å². The fraction of sp³-hybridized carbons (Fsp3) is 0.176. The SMILES string of the molecule is O=C1Cc2cc3c(cc2C(c2ccccc2)=NN1)OCCO3. The van der Waals surface area contributed by atoms with Crippen LogP contribution < -0.4 is 14.9 Å². The first-order chi connectivity index (χ1) is 10.8. The molecule has 0 radical (unpaired) electrons. The topological polar surface area (TPSA) is 59.9 Å². The van der Waals surface area contributed by atoms with Gasteiger partial charge in [-0.1, -0.05) is 30.3 Å². The molecule has 2 aromatic carbocycles. The fourth-order valence-electron chi connectivity index (χ4n) is 2.70. The lowest BCUT2D eigenvalue weighted by Crippen LogP contribution is -2.18. The van der Waals surface area contributed by atoms with E-state index in [0.717, 1.165) is 22.4 Å². The summed E-state index contributed by atoms with van der Waals surface area (Å²) in [6.45, 7) is 1.05. The maximum atomic E-state index is 11.9. The van der Waals surface area contributed by atoms with Crippen LogP contribution in [0.3, 0.4) is 0 Å². The van der Waals surface area contributed by atoms with Gasteiger partial charge >= 0.3 is 0 Å². The monoisotopic (exact) mass is 294 g/mol. The van der Waals surface area contributed by atoms with Crippen molar-refractivity contribution in [3.8, 4) is 11.5 Å². The summed E-state index contributed by atoms with van der Waals surface area (Å²) in [5.74, 6) is 1.25. The Hall–Kier alpha value is -2.82. The summed E-state index contributed by atoms with van der Waals surface area (Å²) in [7, 11) is 0. The Bertz CT molecular complexity index is 769. The van der Waals surface area contributed by atoms with E-state index in [0.29, 0.717) is 24.7 Å². The molecule has 0 unspecified atom stereocenters. The van der Waals surface area contributed by atoms with Gasteiger partial charge in [0.1, 0.15) is 13.2 Å². The molecule has 2 heterocycles. The largest absolute Gasteiger partial charge is 0.486 e. The summed E-state index contributed by atoms with van der Waals surface area (Å²) >= 11 is 0. The number of benzene rings is 2. The van der Waals surface area contributed by atoms with E-state index < -0.39 is 0 Å².